The third kappa shape index (κ3) is 3.18. The molecule has 4 nitrogen and oxygen atoms in total. The van der Waals surface area contributed by atoms with E-state index in [9.17, 15) is 4.79 Å². The minimum atomic E-state index is 0.0258. The van der Waals surface area contributed by atoms with E-state index in [0.717, 1.165) is 31.0 Å². The summed E-state index contributed by atoms with van der Waals surface area (Å²) in [5.41, 5.74) is 1.15. The molecule has 3 aliphatic rings. The molecule has 2 aliphatic heterocycles. The molecule has 4 rings (SSSR count). The lowest BCUT2D eigenvalue weighted by molar-refractivity contribution is -0.128. The van der Waals surface area contributed by atoms with E-state index in [0.29, 0.717) is 6.54 Å². The van der Waals surface area contributed by atoms with Crippen LogP contribution in [0.5, 0.6) is 0 Å². The quantitative estimate of drug-likeness (QED) is 0.901. The summed E-state index contributed by atoms with van der Waals surface area (Å²) in [5.74, 6) is 1.09. The van der Waals surface area contributed by atoms with Gasteiger partial charge in [0.1, 0.15) is 0 Å². The monoisotopic (exact) mass is 300 g/mol. The van der Waals surface area contributed by atoms with E-state index in [1.807, 2.05) is 30.3 Å². The number of morpholine rings is 1. The second kappa shape index (κ2) is 6.01. The molecule has 1 amide bonds. The molecule has 0 aromatic heterocycles. The van der Waals surface area contributed by atoms with Gasteiger partial charge in [-0.3, -0.25) is 9.69 Å². The van der Waals surface area contributed by atoms with E-state index in [-0.39, 0.29) is 24.0 Å². The molecule has 3 fully saturated rings. The molecular formula is C18H24N2O2. The fourth-order valence-electron chi connectivity index (χ4n) is 3.74. The molecule has 0 unspecified atom stereocenters. The standard InChI is InChI=1S/C18H24N2O2/c21-18(19-9-13-4-2-1-3-5-13)16-8-15-11-20(10-14-6-7-14)12-17(16)22-15/h1-5,14-17H,6-12H2,(H,19,21)/t15-,16+,17-/m1/s1. The van der Waals surface area contributed by atoms with Crippen molar-refractivity contribution in [1.29, 1.82) is 0 Å². The van der Waals surface area contributed by atoms with Crippen molar-refractivity contribution in [3.63, 3.8) is 0 Å². The Labute approximate surface area is 131 Å². The van der Waals surface area contributed by atoms with Crippen LogP contribution in [0.4, 0.5) is 0 Å². The second-order valence-corrected chi connectivity index (χ2v) is 7.00. The van der Waals surface area contributed by atoms with Crippen LogP contribution in [-0.2, 0) is 16.1 Å². The third-order valence-corrected chi connectivity index (χ3v) is 5.09. The number of hydrogen-bond acceptors (Lipinski definition) is 3. The molecule has 2 bridgehead atoms. The second-order valence-electron chi connectivity index (χ2n) is 7.00. The zero-order valence-electron chi connectivity index (χ0n) is 12.9. The number of nitrogens with zero attached hydrogens (tertiary/aromatic N) is 1. The summed E-state index contributed by atoms with van der Waals surface area (Å²) in [5, 5.41) is 3.08. The Hall–Kier alpha value is -1.39. The maximum absolute atomic E-state index is 12.5. The molecule has 1 aliphatic carbocycles. The fraction of sp³-hybridized carbons (Fsp3) is 0.611. The minimum Gasteiger partial charge on any atom is -0.371 e. The van der Waals surface area contributed by atoms with Crippen molar-refractivity contribution >= 4 is 5.91 Å². The molecule has 118 valence electrons. The van der Waals surface area contributed by atoms with E-state index in [1.165, 1.54) is 19.4 Å². The lowest BCUT2D eigenvalue weighted by atomic mass is 9.99. The first-order chi connectivity index (χ1) is 10.8. The third-order valence-electron chi connectivity index (χ3n) is 5.09. The Bertz CT molecular complexity index is 529. The minimum absolute atomic E-state index is 0.0258. The first-order valence-corrected chi connectivity index (χ1v) is 8.47. The molecule has 1 N–H and O–H groups in total. The molecule has 1 aromatic carbocycles. The average molecular weight is 300 g/mol. The highest BCUT2D eigenvalue weighted by atomic mass is 16.5. The van der Waals surface area contributed by atoms with Gasteiger partial charge in [0.15, 0.2) is 0 Å². The zero-order chi connectivity index (χ0) is 14.9. The van der Waals surface area contributed by atoms with Crippen molar-refractivity contribution in [2.24, 2.45) is 11.8 Å². The number of amides is 1. The first-order valence-electron chi connectivity index (χ1n) is 8.47. The SMILES string of the molecule is O=C(NCc1ccccc1)[C@H]1C[C@@H]2CN(CC3CC3)C[C@H]1O2. The highest BCUT2D eigenvalue weighted by Gasteiger charge is 2.45. The van der Waals surface area contributed by atoms with E-state index in [1.54, 1.807) is 0 Å². The van der Waals surface area contributed by atoms with Gasteiger partial charge in [-0.05, 0) is 30.7 Å². The maximum Gasteiger partial charge on any atom is 0.226 e. The highest BCUT2D eigenvalue weighted by Crippen LogP contribution is 2.35. The molecule has 3 atom stereocenters. The van der Waals surface area contributed by atoms with Crippen LogP contribution in [0, 0.1) is 11.8 Å². The number of carbonyl (C=O) groups excluding carboxylic acids is 1. The molecule has 22 heavy (non-hydrogen) atoms. The van der Waals surface area contributed by atoms with Gasteiger partial charge in [-0.2, -0.15) is 0 Å². The van der Waals surface area contributed by atoms with Crippen LogP contribution in [0.2, 0.25) is 0 Å². The van der Waals surface area contributed by atoms with Gasteiger partial charge in [-0.1, -0.05) is 30.3 Å². The van der Waals surface area contributed by atoms with Gasteiger partial charge in [-0.25, -0.2) is 0 Å². The van der Waals surface area contributed by atoms with Crippen LogP contribution in [-0.4, -0.2) is 42.6 Å². The Kier molecular flexibility index (Phi) is 3.89. The van der Waals surface area contributed by atoms with Crippen molar-refractivity contribution in [2.45, 2.75) is 38.0 Å². The lowest BCUT2D eigenvalue weighted by Gasteiger charge is -2.32. The molecule has 1 saturated carbocycles. The van der Waals surface area contributed by atoms with Crippen LogP contribution in [0.1, 0.15) is 24.8 Å². The summed E-state index contributed by atoms with van der Waals surface area (Å²) in [6.45, 7) is 3.75. The van der Waals surface area contributed by atoms with E-state index in [2.05, 4.69) is 10.2 Å². The summed E-state index contributed by atoms with van der Waals surface area (Å²) in [6, 6.07) is 10.1. The number of carbonyl (C=O) groups is 1. The Morgan fingerprint density at radius 2 is 2.05 bits per heavy atom. The predicted molar refractivity (Wildman–Crippen MR) is 84.2 cm³/mol. The molecule has 0 radical (unpaired) electrons. The van der Waals surface area contributed by atoms with Crippen LogP contribution in [0.15, 0.2) is 30.3 Å². The largest absolute Gasteiger partial charge is 0.371 e. The van der Waals surface area contributed by atoms with Crippen molar-refractivity contribution in [1.82, 2.24) is 10.2 Å². The van der Waals surface area contributed by atoms with Crippen LogP contribution >= 0.6 is 0 Å². The number of fused-ring (bicyclic) bond motifs is 2. The number of ether oxygens (including phenoxy) is 1. The van der Waals surface area contributed by atoms with Gasteiger partial charge < -0.3 is 10.1 Å². The Balaban J connectivity index is 1.31. The van der Waals surface area contributed by atoms with Crippen molar-refractivity contribution in [3.05, 3.63) is 35.9 Å². The molecule has 2 saturated heterocycles. The van der Waals surface area contributed by atoms with Gasteiger partial charge in [0.2, 0.25) is 5.91 Å². The Morgan fingerprint density at radius 3 is 2.82 bits per heavy atom. The van der Waals surface area contributed by atoms with Crippen molar-refractivity contribution in [2.75, 3.05) is 19.6 Å². The summed E-state index contributed by atoms with van der Waals surface area (Å²) >= 11 is 0. The van der Waals surface area contributed by atoms with Crippen LogP contribution < -0.4 is 5.32 Å². The molecular weight excluding hydrogens is 276 g/mol. The number of hydrogen-bond donors (Lipinski definition) is 1. The van der Waals surface area contributed by atoms with Crippen molar-refractivity contribution in [3.8, 4) is 0 Å². The van der Waals surface area contributed by atoms with E-state index >= 15 is 0 Å². The smallest absolute Gasteiger partial charge is 0.226 e. The van der Waals surface area contributed by atoms with Crippen LogP contribution in [0.3, 0.4) is 0 Å². The van der Waals surface area contributed by atoms with E-state index < -0.39 is 0 Å². The number of nitrogens with one attached hydrogen (secondary N) is 1. The average Bonchev–Trinajstić information content (AvgIpc) is 3.29. The summed E-state index contributed by atoms with van der Waals surface area (Å²) in [7, 11) is 0. The molecule has 4 heteroatoms. The highest BCUT2D eigenvalue weighted by molar-refractivity contribution is 5.79. The normalized spacial score (nSPS) is 31.2. The first kappa shape index (κ1) is 14.2. The van der Waals surface area contributed by atoms with Gasteiger partial charge in [0, 0.05) is 26.2 Å². The summed E-state index contributed by atoms with van der Waals surface area (Å²) < 4.78 is 6.01. The van der Waals surface area contributed by atoms with Crippen molar-refractivity contribution < 1.29 is 9.53 Å². The summed E-state index contributed by atoms with van der Waals surface area (Å²) in [4.78, 5) is 15.0. The van der Waals surface area contributed by atoms with Gasteiger partial charge in [-0.15, -0.1) is 0 Å². The zero-order valence-corrected chi connectivity index (χ0v) is 12.9. The molecule has 0 spiro atoms. The predicted octanol–water partition coefficient (Wildman–Crippen LogP) is 1.80. The fourth-order valence-corrected chi connectivity index (χ4v) is 3.74. The molecule has 2 heterocycles. The van der Waals surface area contributed by atoms with E-state index in [4.69, 9.17) is 4.74 Å². The Morgan fingerprint density at radius 1 is 1.23 bits per heavy atom. The van der Waals surface area contributed by atoms with Gasteiger partial charge >= 0.3 is 0 Å². The van der Waals surface area contributed by atoms with Gasteiger partial charge in [0.05, 0.1) is 18.1 Å². The van der Waals surface area contributed by atoms with Gasteiger partial charge in [0.25, 0.3) is 0 Å². The summed E-state index contributed by atoms with van der Waals surface area (Å²) in [6.07, 6.45) is 3.99. The topological polar surface area (TPSA) is 41.6 Å². The lowest BCUT2D eigenvalue weighted by Crippen LogP contribution is -2.46. The molecule has 1 aromatic rings. The number of rotatable bonds is 5. The maximum atomic E-state index is 12.5. The van der Waals surface area contributed by atoms with Crippen LogP contribution in [0.25, 0.3) is 0 Å². The number of benzene rings is 1. The number of likely N-dealkylation sites (tertiary alicyclic amines) is 1.